The first kappa shape index (κ1) is 9.90. The van der Waals surface area contributed by atoms with Gasteiger partial charge in [0, 0.05) is 12.6 Å². The Kier molecular flexibility index (Phi) is 2.81. The van der Waals surface area contributed by atoms with Gasteiger partial charge in [0.2, 0.25) is 0 Å². The van der Waals surface area contributed by atoms with Crippen LogP contribution in [0.1, 0.15) is 12.5 Å². The molecule has 0 saturated carbocycles. The molecule has 0 aliphatic carbocycles. The van der Waals surface area contributed by atoms with Crippen molar-refractivity contribution in [2.45, 2.75) is 6.92 Å². The maximum atomic E-state index is 4.57. The van der Waals surface area contributed by atoms with Crippen LogP contribution in [0.15, 0.2) is 40.4 Å². The molecule has 0 saturated heterocycles. The molecule has 1 heterocycles. The Labute approximate surface area is 90.1 Å². The number of aliphatic imine (C=N–C) groups is 1. The largest absolute Gasteiger partial charge is 0.298 e. The van der Waals surface area contributed by atoms with E-state index in [0.29, 0.717) is 0 Å². The molecule has 1 aromatic carbocycles. The van der Waals surface area contributed by atoms with Gasteiger partial charge in [-0.15, -0.1) is 0 Å². The molecule has 2 rings (SSSR count). The Morgan fingerprint density at radius 1 is 1.20 bits per heavy atom. The van der Waals surface area contributed by atoms with Crippen LogP contribution < -0.4 is 0 Å². The van der Waals surface area contributed by atoms with E-state index in [2.05, 4.69) is 22.2 Å². The number of likely N-dealkylation sites (N-methyl/N-ethyl adjacent to an activating group) is 1. The monoisotopic (exact) mass is 201 g/mol. The summed E-state index contributed by atoms with van der Waals surface area (Å²) in [5.41, 5.74) is 3.15. The Balaban J connectivity index is 2.36. The van der Waals surface area contributed by atoms with Crippen molar-refractivity contribution in [3.63, 3.8) is 0 Å². The lowest BCUT2D eigenvalue weighted by Gasteiger charge is -2.09. The summed E-state index contributed by atoms with van der Waals surface area (Å²) in [5.74, 6) is 0. The van der Waals surface area contributed by atoms with E-state index in [1.54, 1.807) is 0 Å². The normalized spacial score (nSPS) is 16.8. The molecule has 3 nitrogen and oxygen atoms in total. The summed E-state index contributed by atoms with van der Waals surface area (Å²) in [6.45, 7) is 3.70. The number of benzene rings is 1. The molecule has 78 valence electrons. The lowest BCUT2D eigenvalue weighted by molar-refractivity contribution is 0.368. The van der Waals surface area contributed by atoms with Crippen LogP contribution in [0.2, 0.25) is 0 Å². The Morgan fingerprint density at radius 3 is 2.67 bits per heavy atom. The van der Waals surface area contributed by atoms with Crippen LogP contribution >= 0.6 is 0 Å². The predicted molar refractivity (Wildman–Crippen MR) is 63.6 cm³/mol. The molecule has 15 heavy (non-hydrogen) atoms. The van der Waals surface area contributed by atoms with Crippen LogP contribution in [0, 0.1) is 0 Å². The van der Waals surface area contributed by atoms with Crippen molar-refractivity contribution in [3.8, 4) is 0 Å². The van der Waals surface area contributed by atoms with Gasteiger partial charge < -0.3 is 0 Å². The molecule has 0 N–H and O–H groups in total. The summed E-state index contributed by atoms with van der Waals surface area (Å²) in [7, 11) is 1.98. The number of hydrazone groups is 1. The van der Waals surface area contributed by atoms with E-state index in [4.69, 9.17) is 0 Å². The number of rotatable bonds is 1. The van der Waals surface area contributed by atoms with E-state index in [1.165, 1.54) is 0 Å². The Bertz CT molecular complexity index is 393. The zero-order valence-electron chi connectivity index (χ0n) is 9.14. The van der Waals surface area contributed by atoms with Gasteiger partial charge in [-0.05, 0) is 6.92 Å². The number of hydrogen-bond acceptors (Lipinski definition) is 3. The van der Waals surface area contributed by atoms with Gasteiger partial charge in [-0.2, -0.15) is 5.10 Å². The number of nitrogens with zero attached hydrogens (tertiary/aromatic N) is 3. The third-order valence-electron chi connectivity index (χ3n) is 2.40. The van der Waals surface area contributed by atoms with Crippen LogP contribution in [0.3, 0.4) is 0 Å². The van der Waals surface area contributed by atoms with Gasteiger partial charge in [-0.1, -0.05) is 30.3 Å². The molecular weight excluding hydrogens is 186 g/mol. The fourth-order valence-electron chi connectivity index (χ4n) is 1.67. The fraction of sp³-hybridized carbons (Fsp3) is 0.333. The average molecular weight is 201 g/mol. The summed E-state index contributed by atoms with van der Waals surface area (Å²) in [6, 6.07) is 10.2. The minimum atomic E-state index is 0.807. The van der Waals surface area contributed by atoms with Gasteiger partial charge in [0.05, 0.1) is 24.5 Å². The standard InChI is InChI=1S/C12H15N3/c1-10-12(11-6-4-3-5-7-11)13-8-9-15(2)14-10/h3-7H,8-9H2,1-2H3. The van der Waals surface area contributed by atoms with Gasteiger partial charge in [-0.25, -0.2) is 0 Å². The van der Waals surface area contributed by atoms with Gasteiger partial charge in [-0.3, -0.25) is 10.0 Å². The molecule has 0 aromatic heterocycles. The van der Waals surface area contributed by atoms with Crippen molar-refractivity contribution in [1.29, 1.82) is 0 Å². The van der Waals surface area contributed by atoms with Crippen LogP contribution in [-0.2, 0) is 0 Å². The third-order valence-corrected chi connectivity index (χ3v) is 2.40. The van der Waals surface area contributed by atoms with Crippen molar-refractivity contribution in [2.75, 3.05) is 20.1 Å². The Hall–Kier alpha value is -1.64. The molecule has 0 spiro atoms. The van der Waals surface area contributed by atoms with Gasteiger partial charge in [0.25, 0.3) is 0 Å². The predicted octanol–water partition coefficient (Wildman–Crippen LogP) is 1.80. The number of hydrogen-bond donors (Lipinski definition) is 0. The zero-order valence-corrected chi connectivity index (χ0v) is 9.14. The van der Waals surface area contributed by atoms with Crippen molar-refractivity contribution >= 4 is 11.4 Å². The molecular formula is C12H15N3. The van der Waals surface area contributed by atoms with E-state index in [-0.39, 0.29) is 0 Å². The molecule has 3 heteroatoms. The van der Waals surface area contributed by atoms with E-state index in [9.17, 15) is 0 Å². The highest BCUT2D eigenvalue weighted by Crippen LogP contribution is 2.06. The van der Waals surface area contributed by atoms with E-state index < -0.39 is 0 Å². The van der Waals surface area contributed by atoms with E-state index in [1.807, 2.05) is 37.2 Å². The van der Waals surface area contributed by atoms with Crippen molar-refractivity contribution < 1.29 is 0 Å². The minimum absolute atomic E-state index is 0.807. The quantitative estimate of drug-likeness (QED) is 0.681. The highest BCUT2D eigenvalue weighted by molar-refractivity contribution is 6.47. The van der Waals surface area contributed by atoms with Gasteiger partial charge in [0.15, 0.2) is 0 Å². The smallest absolute Gasteiger partial charge is 0.0877 e. The summed E-state index contributed by atoms with van der Waals surface area (Å²) in [5, 5.41) is 6.39. The average Bonchev–Trinajstić information content (AvgIpc) is 2.40. The molecule has 0 atom stereocenters. The molecule has 0 radical (unpaired) electrons. The van der Waals surface area contributed by atoms with Crippen LogP contribution in [0.4, 0.5) is 0 Å². The molecule has 0 bridgehead atoms. The van der Waals surface area contributed by atoms with Crippen molar-refractivity contribution in [1.82, 2.24) is 5.01 Å². The summed E-state index contributed by atoms with van der Waals surface area (Å²) in [4.78, 5) is 4.57. The zero-order chi connectivity index (χ0) is 10.7. The van der Waals surface area contributed by atoms with E-state index >= 15 is 0 Å². The third kappa shape index (κ3) is 2.24. The van der Waals surface area contributed by atoms with Gasteiger partial charge in [0.1, 0.15) is 0 Å². The first-order chi connectivity index (χ1) is 7.27. The molecule has 0 unspecified atom stereocenters. The molecule has 1 aromatic rings. The molecule has 0 fully saturated rings. The van der Waals surface area contributed by atoms with Crippen molar-refractivity contribution in [2.24, 2.45) is 10.1 Å². The molecule has 1 aliphatic rings. The Morgan fingerprint density at radius 2 is 1.93 bits per heavy atom. The summed E-state index contributed by atoms with van der Waals surface area (Å²) < 4.78 is 0. The van der Waals surface area contributed by atoms with Crippen LogP contribution in [0.25, 0.3) is 0 Å². The van der Waals surface area contributed by atoms with Gasteiger partial charge >= 0.3 is 0 Å². The second-order valence-electron chi connectivity index (χ2n) is 3.66. The lowest BCUT2D eigenvalue weighted by Crippen LogP contribution is -2.16. The van der Waals surface area contributed by atoms with E-state index in [0.717, 1.165) is 30.1 Å². The van der Waals surface area contributed by atoms with Crippen molar-refractivity contribution in [3.05, 3.63) is 35.9 Å². The summed E-state index contributed by atoms with van der Waals surface area (Å²) >= 11 is 0. The highest BCUT2D eigenvalue weighted by atomic mass is 15.4. The topological polar surface area (TPSA) is 28.0 Å². The maximum Gasteiger partial charge on any atom is 0.0877 e. The first-order valence-corrected chi connectivity index (χ1v) is 5.14. The maximum absolute atomic E-state index is 4.57. The highest BCUT2D eigenvalue weighted by Gasteiger charge is 2.10. The SMILES string of the molecule is CC1=NN(C)CCN=C1c1ccccc1. The molecule has 1 aliphatic heterocycles. The van der Waals surface area contributed by atoms with Crippen LogP contribution in [0.5, 0.6) is 0 Å². The fourth-order valence-corrected chi connectivity index (χ4v) is 1.67. The second-order valence-corrected chi connectivity index (χ2v) is 3.66. The molecule has 0 amide bonds. The minimum Gasteiger partial charge on any atom is -0.298 e. The lowest BCUT2D eigenvalue weighted by atomic mass is 10.1. The summed E-state index contributed by atoms with van der Waals surface area (Å²) in [6.07, 6.45) is 0. The van der Waals surface area contributed by atoms with Crippen LogP contribution in [-0.4, -0.2) is 36.6 Å². The second kappa shape index (κ2) is 4.26. The first-order valence-electron chi connectivity index (χ1n) is 5.14.